The van der Waals surface area contributed by atoms with E-state index in [-0.39, 0.29) is 31.0 Å². The molecule has 0 radical (unpaired) electrons. The number of rotatable bonds is 5. The van der Waals surface area contributed by atoms with Crippen molar-refractivity contribution >= 4 is 46.7 Å². The molecule has 2 aromatic rings. The number of nitrogens with zero attached hydrogens (tertiary/aromatic N) is 2. The summed E-state index contributed by atoms with van der Waals surface area (Å²) in [4.78, 5) is 39.3. The van der Waals surface area contributed by atoms with E-state index in [0.717, 1.165) is 37.2 Å². The third-order valence-electron chi connectivity index (χ3n) is 7.21. The zero-order valence-electron chi connectivity index (χ0n) is 22.9. The zero-order chi connectivity index (χ0) is 31.2. The number of ether oxygens (including phenoxy) is 1. The fourth-order valence-corrected chi connectivity index (χ4v) is 5.43. The molecule has 0 saturated carbocycles. The molecule has 2 amide bonds. The quantitative estimate of drug-likeness (QED) is 0.439. The van der Waals surface area contributed by atoms with E-state index in [1.165, 1.54) is 0 Å². The lowest BCUT2D eigenvalue weighted by atomic mass is 9.92. The number of piperidine rings is 1. The zero-order valence-corrected chi connectivity index (χ0v) is 24.5. The van der Waals surface area contributed by atoms with Crippen molar-refractivity contribution in [1.29, 1.82) is 0 Å². The van der Waals surface area contributed by atoms with E-state index in [1.807, 2.05) is 24.3 Å². The van der Waals surface area contributed by atoms with E-state index in [0.29, 0.717) is 28.6 Å². The summed E-state index contributed by atoms with van der Waals surface area (Å²) < 4.78 is 38.4. The van der Waals surface area contributed by atoms with E-state index in [4.69, 9.17) is 37.8 Å². The first-order valence-electron chi connectivity index (χ1n) is 13.5. The van der Waals surface area contributed by atoms with Crippen LogP contribution < -0.4 is 10.2 Å². The van der Waals surface area contributed by atoms with Crippen molar-refractivity contribution in [2.45, 2.75) is 43.7 Å². The largest absolute Gasteiger partial charge is 0.490 e. The van der Waals surface area contributed by atoms with Gasteiger partial charge in [0.15, 0.2) is 0 Å². The number of hydrogen-bond donors (Lipinski definition) is 2. The molecule has 1 unspecified atom stereocenters. The molecule has 2 aromatic carbocycles. The van der Waals surface area contributed by atoms with Gasteiger partial charge in [0, 0.05) is 27.6 Å². The summed E-state index contributed by atoms with van der Waals surface area (Å²) in [5, 5.41) is 11.6. The highest BCUT2D eigenvalue weighted by Gasteiger charge is 2.39. The minimum atomic E-state index is -5.08. The van der Waals surface area contributed by atoms with Gasteiger partial charge in [-0.3, -0.25) is 9.59 Å². The number of allylic oxidation sites excluding steroid dienone is 2. The number of nitrogens with one attached hydrogen (secondary N) is 1. The second-order valence-corrected chi connectivity index (χ2v) is 11.2. The SMILES string of the molecule is O=C(O)C(F)(F)F.O=C(c1ccc(Cl)cc1)N1CC(=O)N(CC2(OC3CCNCC3)C=CC=CC2)c2cccc(Cl)c2C1. The number of benzene rings is 2. The number of fused-ring (bicyclic) bond motifs is 1. The lowest BCUT2D eigenvalue weighted by Gasteiger charge is -2.40. The summed E-state index contributed by atoms with van der Waals surface area (Å²) >= 11 is 12.6. The van der Waals surface area contributed by atoms with Crippen LogP contribution in [0.4, 0.5) is 18.9 Å². The van der Waals surface area contributed by atoms with Gasteiger partial charge in [-0.1, -0.05) is 53.6 Å². The minimum Gasteiger partial charge on any atom is -0.475 e. The summed E-state index contributed by atoms with van der Waals surface area (Å²) in [6.45, 7) is 2.35. The molecule has 0 spiro atoms. The average Bonchev–Trinajstić information content (AvgIpc) is 3.11. The van der Waals surface area contributed by atoms with E-state index in [9.17, 15) is 22.8 Å². The number of halogens is 5. The fraction of sp³-hybridized carbons (Fsp3) is 0.367. The molecule has 0 bridgehead atoms. The molecule has 2 aliphatic heterocycles. The molecule has 2 N–H and O–H groups in total. The van der Waals surface area contributed by atoms with Crippen LogP contribution in [0, 0.1) is 0 Å². The Bertz CT molecular complexity index is 1390. The van der Waals surface area contributed by atoms with Crippen molar-refractivity contribution in [1.82, 2.24) is 10.2 Å². The number of carbonyl (C=O) groups excluding carboxylic acids is 2. The lowest BCUT2D eigenvalue weighted by Crippen LogP contribution is -2.51. The van der Waals surface area contributed by atoms with Gasteiger partial charge in [-0.2, -0.15) is 13.2 Å². The second kappa shape index (κ2) is 13.9. The van der Waals surface area contributed by atoms with Crippen LogP contribution in [0.2, 0.25) is 10.0 Å². The monoisotopic (exact) mass is 639 g/mol. The van der Waals surface area contributed by atoms with Gasteiger partial charge in [-0.15, -0.1) is 0 Å². The summed E-state index contributed by atoms with van der Waals surface area (Å²) in [6, 6.07) is 12.2. The molecule has 1 aliphatic carbocycles. The smallest absolute Gasteiger partial charge is 0.475 e. The van der Waals surface area contributed by atoms with E-state index < -0.39 is 17.7 Å². The Labute approximate surface area is 256 Å². The first-order chi connectivity index (χ1) is 20.4. The number of aliphatic carboxylic acids is 1. The van der Waals surface area contributed by atoms with Gasteiger partial charge in [0.25, 0.3) is 5.91 Å². The number of carboxylic acids is 1. The maximum atomic E-state index is 13.8. The first kappa shape index (κ1) is 32.5. The Morgan fingerprint density at radius 3 is 2.33 bits per heavy atom. The number of carboxylic acid groups (broad SMARTS) is 1. The third-order valence-corrected chi connectivity index (χ3v) is 7.81. The van der Waals surface area contributed by atoms with Crippen molar-refractivity contribution in [2.75, 3.05) is 31.1 Å². The Morgan fingerprint density at radius 1 is 1.05 bits per heavy atom. The Hall–Kier alpha value is -3.38. The van der Waals surface area contributed by atoms with Gasteiger partial charge < -0.3 is 25.0 Å². The summed E-state index contributed by atoms with van der Waals surface area (Å²) in [7, 11) is 0. The molecule has 43 heavy (non-hydrogen) atoms. The van der Waals surface area contributed by atoms with Gasteiger partial charge >= 0.3 is 12.1 Å². The molecular formula is C30H30Cl2F3N3O5. The predicted molar refractivity (Wildman–Crippen MR) is 156 cm³/mol. The number of alkyl halides is 3. The minimum absolute atomic E-state index is 0.0601. The highest BCUT2D eigenvalue weighted by Crippen LogP contribution is 2.36. The highest BCUT2D eigenvalue weighted by molar-refractivity contribution is 6.32. The molecule has 13 heteroatoms. The molecule has 8 nitrogen and oxygen atoms in total. The molecule has 230 valence electrons. The number of carbonyl (C=O) groups is 3. The summed E-state index contributed by atoms with van der Waals surface area (Å²) in [6.07, 6.45) is 5.70. The molecule has 2 heterocycles. The molecule has 1 atom stereocenters. The van der Waals surface area contributed by atoms with Gasteiger partial charge in [0.1, 0.15) is 12.1 Å². The molecular weight excluding hydrogens is 610 g/mol. The average molecular weight is 640 g/mol. The van der Waals surface area contributed by atoms with Crippen LogP contribution in [-0.2, 0) is 20.9 Å². The molecule has 0 aromatic heterocycles. The topological polar surface area (TPSA) is 99.2 Å². The number of anilines is 1. The molecule has 5 rings (SSSR count). The third kappa shape index (κ3) is 8.38. The summed E-state index contributed by atoms with van der Waals surface area (Å²) in [5.41, 5.74) is 1.29. The van der Waals surface area contributed by atoms with Crippen LogP contribution in [0.15, 0.2) is 66.8 Å². The van der Waals surface area contributed by atoms with Crippen molar-refractivity contribution in [3.63, 3.8) is 0 Å². The van der Waals surface area contributed by atoms with Gasteiger partial charge in [0.2, 0.25) is 5.91 Å². The lowest BCUT2D eigenvalue weighted by molar-refractivity contribution is -0.192. The normalized spacial score (nSPS) is 20.6. The van der Waals surface area contributed by atoms with Crippen LogP contribution in [0.5, 0.6) is 0 Å². The van der Waals surface area contributed by atoms with Crippen molar-refractivity contribution < 1.29 is 37.4 Å². The van der Waals surface area contributed by atoms with Gasteiger partial charge in [0.05, 0.1) is 24.9 Å². The van der Waals surface area contributed by atoms with Crippen molar-refractivity contribution in [3.8, 4) is 0 Å². The standard InChI is InChI=1S/C28H29Cl2N3O3.C2HF3O2/c29-21-9-7-20(8-10-21)27(35)32-17-23-24(30)5-4-6-25(23)33(26(34)18-32)19-28(13-2-1-3-14-28)36-22-11-15-31-16-12-22;3-2(4,5)1(6)7/h1-10,13,22,31H,11-12,14-19H2;(H,6,7). The summed E-state index contributed by atoms with van der Waals surface area (Å²) in [5.74, 6) is -3.17. The maximum Gasteiger partial charge on any atom is 0.490 e. The van der Waals surface area contributed by atoms with Gasteiger partial charge in [-0.25, -0.2) is 4.79 Å². The van der Waals surface area contributed by atoms with Crippen LogP contribution in [-0.4, -0.2) is 71.9 Å². The van der Waals surface area contributed by atoms with Crippen LogP contribution in [0.25, 0.3) is 0 Å². The molecule has 1 fully saturated rings. The maximum absolute atomic E-state index is 13.8. The van der Waals surface area contributed by atoms with Gasteiger partial charge in [-0.05, 0) is 62.3 Å². The van der Waals surface area contributed by atoms with Crippen LogP contribution in [0.1, 0.15) is 35.2 Å². The van der Waals surface area contributed by atoms with E-state index in [2.05, 4.69) is 17.5 Å². The van der Waals surface area contributed by atoms with Crippen molar-refractivity contribution in [2.24, 2.45) is 0 Å². The molecule has 3 aliphatic rings. The fourth-order valence-electron chi connectivity index (χ4n) is 5.08. The Balaban J connectivity index is 0.000000541. The first-order valence-corrected chi connectivity index (χ1v) is 14.3. The Kier molecular flexibility index (Phi) is 10.5. The molecule has 1 saturated heterocycles. The second-order valence-electron chi connectivity index (χ2n) is 10.3. The van der Waals surface area contributed by atoms with Crippen LogP contribution >= 0.6 is 23.2 Å². The predicted octanol–water partition coefficient (Wildman–Crippen LogP) is 5.64. The van der Waals surface area contributed by atoms with Crippen LogP contribution in [0.3, 0.4) is 0 Å². The van der Waals surface area contributed by atoms with E-state index >= 15 is 0 Å². The number of amides is 2. The van der Waals surface area contributed by atoms with Crippen molar-refractivity contribution in [3.05, 3.63) is 87.9 Å². The van der Waals surface area contributed by atoms with E-state index in [1.54, 1.807) is 40.1 Å². The number of hydrogen-bond acceptors (Lipinski definition) is 5. The highest BCUT2D eigenvalue weighted by atomic mass is 35.5. The Morgan fingerprint density at radius 2 is 1.72 bits per heavy atom.